The van der Waals surface area contributed by atoms with Gasteiger partial charge in [0.1, 0.15) is 5.82 Å². The maximum atomic E-state index is 13.2. The Bertz CT molecular complexity index is 1350. The molecule has 2 aromatic heterocycles. The Morgan fingerprint density at radius 3 is 2.63 bits per heavy atom. The van der Waals surface area contributed by atoms with Crippen molar-refractivity contribution in [2.24, 2.45) is 0 Å². The van der Waals surface area contributed by atoms with E-state index < -0.39 is 0 Å². The number of halogens is 1. The van der Waals surface area contributed by atoms with Crippen LogP contribution in [-0.4, -0.2) is 64.4 Å². The summed E-state index contributed by atoms with van der Waals surface area (Å²) in [6, 6.07) is 11.4. The lowest BCUT2D eigenvalue weighted by Gasteiger charge is -2.37. The van der Waals surface area contributed by atoms with Gasteiger partial charge in [-0.3, -0.25) is 9.69 Å². The number of amides is 1. The summed E-state index contributed by atoms with van der Waals surface area (Å²) in [7, 11) is 0. The van der Waals surface area contributed by atoms with Crippen LogP contribution < -0.4 is 19.7 Å². The number of rotatable bonds is 5. The Labute approximate surface area is 204 Å². The molecule has 0 saturated carbocycles. The third-order valence-corrected chi connectivity index (χ3v) is 7.31. The summed E-state index contributed by atoms with van der Waals surface area (Å²) in [4.78, 5) is 22.7. The minimum absolute atomic E-state index is 0.0571. The number of anilines is 2. The number of hydrogen-bond acceptors (Lipinski definition) is 8. The van der Waals surface area contributed by atoms with E-state index in [1.54, 1.807) is 28.8 Å². The highest BCUT2D eigenvalue weighted by molar-refractivity contribution is 7.20. The van der Waals surface area contributed by atoms with Gasteiger partial charge in [0.05, 0.1) is 17.9 Å². The van der Waals surface area contributed by atoms with Crippen LogP contribution in [0, 0.1) is 5.82 Å². The average molecular weight is 495 g/mol. The van der Waals surface area contributed by atoms with Crippen molar-refractivity contribution in [1.29, 1.82) is 0 Å². The Kier molecular flexibility index (Phi) is 5.50. The zero-order chi connectivity index (χ0) is 23.9. The molecule has 4 heterocycles. The number of ether oxygens (including phenoxy) is 2. The van der Waals surface area contributed by atoms with Crippen LogP contribution >= 0.6 is 11.3 Å². The van der Waals surface area contributed by atoms with Crippen LogP contribution in [0.25, 0.3) is 16.2 Å². The topological polar surface area (TPSA) is 84.2 Å². The first-order valence-electron chi connectivity index (χ1n) is 11.4. The number of aromatic nitrogens is 3. The smallest absolute Gasteiger partial charge is 0.241 e. The number of hydrogen-bond donors (Lipinski definition) is 1. The molecule has 2 aromatic carbocycles. The monoisotopic (exact) mass is 494 g/mol. The van der Waals surface area contributed by atoms with E-state index in [9.17, 15) is 9.18 Å². The second-order valence-electron chi connectivity index (χ2n) is 8.50. The molecule has 1 unspecified atom stereocenters. The van der Waals surface area contributed by atoms with E-state index in [1.807, 2.05) is 19.2 Å². The van der Waals surface area contributed by atoms with Gasteiger partial charge in [0, 0.05) is 43.5 Å². The summed E-state index contributed by atoms with van der Waals surface area (Å²) >= 11 is 1.52. The molecule has 1 atom stereocenters. The number of nitrogens with zero attached hydrogens (tertiary/aromatic N) is 5. The van der Waals surface area contributed by atoms with Crippen molar-refractivity contribution < 1.29 is 18.7 Å². The van der Waals surface area contributed by atoms with Gasteiger partial charge in [0.15, 0.2) is 11.5 Å². The third kappa shape index (κ3) is 4.28. The second-order valence-corrected chi connectivity index (χ2v) is 9.44. The van der Waals surface area contributed by atoms with Gasteiger partial charge < -0.3 is 19.7 Å². The van der Waals surface area contributed by atoms with E-state index in [0.29, 0.717) is 17.2 Å². The third-order valence-electron chi connectivity index (χ3n) is 6.32. The molecule has 0 aliphatic carbocycles. The normalized spacial score (nSPS) is 16.6. The number of benzene rings is 2. The first-order chi connectivity index (χ1) is 17.0. The summed E-state index contributed by atoms with van der Waals surface area (Å²) in [5.41, 5.74) is 2.31. The van der Waals surface area contributed by atoms with Crippen molar-refractivity contribution >= 4 is 33.0 Å². The van der Waals surface area contributed by atoms with E-state index in [4.69, 9.17) is 14.6 Å². The molecule has 1 saturated heterocycles. The fourth-order valence-corrected chi connectivity index (χ4v) is 5.20. The van der Waals surface area contributed by atoms with Gasteiger partial charge in [-0.15, -0.1) is 5.10 Å². The van der Waals surface area contributed by atoms with Gasteiger partial charge in [-0.2, -0.15) is 0 Å². The summed E-state index contributed by atoms with van der Waals surface area (Å²) in [6.07, 6.45) is 1.86. The molecule has 1 amide bonds. The Hall–Kier alpha value is -3.70. The van der Waals surface area contributed by atoms with Crippen molar-refractivity contribution in [3.8, 4) is 22.8 Å². The minimum Gasteiger partial charge on any atom is -0.454 e. The van der Waals surface area contributed by atoms with Crippen LogP contribution in [0.1, 0.15) is 6.92 Å². The van der Waals surface area contributed by atoms with Gasteiger partial charge >= 0.3 is 0 Å². The maximum Gasteiger partial charge on any atom is 0.241 e. The van der Waals surface area contributed by atoms with Gasteiger partial charge in [-0.05, 0) is 43.3 Å². The summed E-state index contributed by atoms with van der Waals surface area (Å²) in [5.74, 6) is 1.00. The summed E-state index contributed by atoms with van der Waals surface area (Å²) in [6.45, 7) is 5.16. The van der Waals surface area contributed by atoms with Crippen molar-refractivity contribution in [2.75, 3.05) is 43.2 Å². The molecule has 35 heavy (non-hydrogen) atoms. The van der Waals surface area contributed by atoms with Crippen LogP contribution in [-0.2, 0) is 4.79 Å². The molecule has 180 valence electrons. The van der Waals surface area contributed by atoms with Crippen molar-refractivity contribution in [3.63, 3.8) is 0 Å². The number of piperazine rings is 1. The van der Waals surface area contributed by atoms with Crippen LogP contribution in [0.15, 0.2) is 48.7 Å². The highest BCUT2D eigenvalue weighted by Gasteiger charge is 2.27. The van der Waals surface area contributed by atoms with Crippen LogP contribution in [0.4, 0.5) is 15.2 Å². The molecule has 4 aromatic rings. The quantitative estimate of drug-likeness (QED) is 0.455. The van der Waals surface area contributed by atoms with Gasteiger partial charge in [0.25, 0.3) is 0 Å². The first kappa shape index (κ1) is 21.8. The number of carbonyl (C=O) groups excluding carboxylic acids is 1. The molecule has 9 nitrogen and oxygen atoms in total. The lowest BCUT2D eigenvalue weighted by molar-refractivity contribution is -0.120. The average Bonchev–Trinajstić information content (AvgIpc) is 3.59. The first-order valence-corrected chi connectivity index (χ1v) is 12.2. The molecule has 2 aliphatic rings. The number of carbonyl (C=O) groups is 1. The Morgan fingerprint density at radius 2 is 1.86 bits per heavy atom. The van der Waals surface area contributed by atoms with E-state index >= 15 is 0 Å². The van der Waals surface area contributed by atoms with Crippen molar-refractivity contribution in [2.45, 2.75) is 13.0 Å². The molecule has 0 bridgehead atoms. The fourth-order valence-electron chi connectivity index (χ4n) is 4.26. The highest BCUT2D eigenvalue weighted by Crippen LogP contribution is 2.34. The van der Waals surface area contributed by atoms with Gasteiger partial charge in [-0.1, -0.05) is 11.3 Å². The zero-order valence-electron chi connectivity index (χ0n) is 19.0. The van der Waals surface area contributed by atoms with E-state index in [1.165, 1.54) is 23.5 Å². The molecule has 1 fully saturated rings. The molecule has 2 aliphatic heterocycles. The lowest BCUT2D eigenvalue weighted by Crippen LogP contribution is -2.52. The van der Waals surface area contributed by atoms with Crippen LogP contribution in [0.2, 0.25) is 0 Å². The summed E-state index contributed by atoms with van der Waals surface area (Å²) in [5, 5.41) is 8.57. The lowest BCUT2D eigenvalue weighted by atomic mass is 10.2. The molecule has 1 N–H and O–H groups in total. The van der Waals surface area contributed by atoms with Crippen LogP contribution in [0.3, 0.4) is 0 Å². The molecular formula is C24H23FN6O3S. The maximum absolute atomic E-state index is 13.2. The van der Waals surface area contributed by atoms with Crippen LogP contribution in [0.5, 0.6) is 11.5 Å². The highest BCUT2D eigenvalue weighted by atomic mass is 32.1. The SMILES string of the molecule is CC(C(=O)Nc1ccc2c(c1)OCO2)N1CCN(c2nn3cc(-c4ccc(F)cc4)nc3s2)CC1. The largest absolute Gasteiger partial charge is 0.454 e. The number of nitrogens with one attached hydrogen (secondary N) is 1. The molecule has 0 spiro atoms. The fraction of sp³-hybridized carbons (Fsp3) is 0.292. The Morgan fingerprint density at radius 1 is 1.09 bits per heavy atom. The zero-order valence-corrected chi connectivity index (χ0v) is 19.8. The standard InChI is InChI=1S/C24H23FN6O3S/c1-15(22(32)26-18-6-7-20-21(12-18)34-14-33-20)29-8-10-30(11-9-29)24-28-31-13-19(27-23(31)35-24)16-2-4-17(25)5-3-16/h2-7,12-13,15H,8-11,14H2,1H3,(H,26,32). The molecular weight excluding hydrogens is 471 g/mol. The number of imidazole rings is 1. The predicted molar refractivity (Wildman–Crippen MR) is 131 cm³/mol. The number of fused-ring (bicyclic) bond motifs is 2. The van der Waals surface area contributed by atoms with E-state index in [-0.39, 0.29) is 24.6 Å². The molecule has 0 radical (unpaired) electrons. The summed E-state index contributed by atoms with van der Waals surface area (Å²) < 4.78 is 25.7. The van der Waals surface area contributed by atoms with Crippen molar-refractivity contribution in [1.82, 2.24) is 19.5 Å². The minimum atomic E-state index is -0.269. The second kappa shape index (κ2) is 8.82. The molecule has 6 rings (SSSR count). The Balaban J connectivity index is 1.06. The predicted octanol–water partition coefficient (Wildman–Crippen LogP) is 3.47. The van der Waals surface area contributed by atoms with Crippen molar-refractivity contribution in [3.05, 3.63) is 54.5 Å². The van der Waals surface area contributed by atoms with Gasteiger partial charge in [0.2, 0.25) is 22.8 Å². The van der Waals surface area contributed by atoms with E-state index in [2.05, 4.69) is 20.1 Å². The van der Waals surface area contributed by atoms with Gasteiger partial charge in [-0.25, -0.2) is 13.9 Å². The molecule has 11 heteroatoms. The van der Waals surface area contributed by atoms with E-state index in [0.717, 1.165) is 47.5 Å².